The fraction of sp³-hybridized carbons (Fsp3) is 0.130. The molecule has 1 heterocycles. The Morgan fingerprint density at radius 1 is 0.438 bits per heavy atom. The molecule has 0 fully saturated rings. The number of hydrogen-bond donors (Lipinski definition) is 0. The zero-order valence-electron chi connectivity index (χ0n) is 27.6. The van der Waals surface area contributed by atoms with Gasteiger partial charge in [0.1, 0.15) is 0 Å². The predicted molar refractivity (Wildman–Crippen MR) is 207 cm³/mol. The van der Waals surface area contributed by atoms with Gasteiger partial charge in [0.15, 0.2) is 0 Å². The highest BCUT2D eigenvalue weighted by Gasteiger charge is 2.39. The molecule has 0 saturated heterocycles. The van der Waals surface area contributed by atoms with E-state index in [1.807, 2.05) is 11.3 Å². The van der Waals surface area contributed by atoms with Crippen molar-refractivity contribution in [3.8, 4) is 22.3 Å². The Morgan fingerprint density at radius 3 is 1.94 bits per heavy atom. The topological polar surface area (TPSA) is 3.24 Å². The number of anilines is 3. The van der Waals surface area contributed by atoms with E-state index in [1.165, 1.54) is 92.5 Å². The van der Waals surface area contributed by atoms with Crippen LogP contribution >= 0.6 is 11.3 Å². The van der Waals surface area contributed by atoms with Crippen LogP contribution in [0.25, 0.3) is 53.2 Å². The number of rotatable bonds is 3. The molecule has 0 unspecified atom stereocenters. The van der Waals surface area contributed by atoms with Gasteiger partial charge in [0.2, 0.25) is 0 Å². The van der Waals surface area contributed by atoms with E-state index < -0.39 is 0 Å². The summed E-state index contributed by atoms with van der Waals surface area (Å²) in [7, 11) is 0. The van der Waals surface area contributed by atoms with Gasteiger partial charge in [-0.3, -0.25) is 0 Å². The smallest absolute Gasteiger partial charge is 0.0543 e. The SMILES string of the molecule is CC1(C)c2ccccc2-c2cc(N(c3ccc4cc5c(cc4c3)sc3ccccc35)c3cccc4c3-c3ccccc3C4(C)C)ccc21. The third-order valence-electron chi connectivity index (χ3n) is 11.2. The average Bonchev–Trinajstić information content (AvgIpc) is 3.67. The van der Waals surface area contributed by atoms with Gasteiger partial charge in [-0.25, -0.2) is 0 Å². The number of fused-ring (bicyclic) bond motifs is 10. The molecule has 0 amide bonds. The van der Waals surface area contributed by atoms with Crippen LogP contribution in [-0.2, 0) is 10.8 Å². The molecule has 48 heavy (non-hydrogen) atoms. The van der Waals surface area contributed by atoms with Crippen molar-refractivity contribution in [3.63, 3.8) is 0 Å². The molecule has 0 aliphatic heterocycles. The van der Waals surface area contributed by atoms with Gasteiger partial charge in [-0.1, -0.05) is 119 Å². The molecule has 0 N–H and O–H groups in total. The molecule has 10 rings (SSSR count). The van der Waals surface area contributed by atoms with E-state index in [0.717, 1.165) is 0 Å². The van der Waals surface area contributed by atoms with Crippen LogP contribution in [0.2, 0.25) is 0 Å². The van der Waals surface area contributed by atoms with Crippen molar-refractivity contribution in [2.75, 3.05) is 4.90 Å². The van der Waals surface area contributed by atoms with Crippen molar-refractivity contribution in [2.45, 2.75) is 38.5 Å². The van der Waals surface area contributed by atoms with E-state index in [-0.39, 0.29) is 10.8 Å². The fourth-order valence-electron chi connectivity index (χ4n) is 8.79. The predicted octanol–water partition coefficient (Wildman–Crippen LogP) is 13.3. The molecule has 1 aromatic heterocycles. The molecule has 1 nitrogen and oxygen atoms in total. The average molecular weight is 634 g/mol. The molecule has 7 aromatic carbocycles. The van der Waals surface area contributed by atoms with Gasteiger partial charge >= 0.3 is 0 Å². The van der Waals surface area contributed by atoms with Gasteiger partial charge < -0.3 is 4.90 Å². The van der Waals surface area contributed by atoms with E-state index in [1.54, 1.807) is 0 Å². The monoisotopic (exact) mass is 633 g/mol. The van der Waals surface area contributed by atoms with Crippen molar-refractivity contribution in [1.82, 2.24) is 0 Å². The van der Waals surface area contributed by atoms with E-state index in [0.29, 0.717) is 0 Å². The molecule has 0 bridgehead atoms. The third-order valence-corrected chi connectivity index (χ3v) is 12.4. The van der Waals surface area contributed by atoms with Crippen molar-refractivity contribution in [1.29, 1.82) is 0 Å². The Kier molecular flexibility index (Phi) is 5.63. The quantitative estimate of drug-likeness (QED) is 0.187. The first-order chi connectivity index (χ1) is 23.3. The molecule has 0 saturated carbocycles. The third kappa shape index (κ3) is 3.72. The summed E-state index contributed by atoms with van der Waals surface area (Å²) < 4.78 is 2.67. The summed E-state index contributed by atoms with van der Waals surface area (Å²) in [5.41, 5.74) is 14.4. The summed E-state index contributed by atoms with van der Waals surface area (Å²) in [5, 5.41) is 5.21. The van der Waals surface area contributed by atoms with E-state index >= 15 is 0 Å². The molecule has 0 radical (unpaired) electrons. The van der Waals surface area contributed by atoms with Gasteiger partial charge in [0, 0.05) is 47.9 Å². The normalized spacial score (nSPS) is 15.0. The Balaban J connectivity index is 1.24. The molecule has 0 atom stereocenters. The minimum atomic E-state index is -0.0787. The highest BCUT2D eigenvalue weighted by Crippen LogP contribution is 2.56. The van der Waals surface area contributed by atoms with Crippen LogP contribution in [0, 0.1) is 0 Å². The molecule has 230 valence electrons. The van der Waals surface area contributed by atoms with Gasteiger partial charge in [-0.15, -0.1) is 11.3 Å². The summed E-state index contributed by atoms with van der Waals surface area (Å²) >= 11 is 1.88. The van der Waals surface area contributed by atoms with Crippen molar-refractivity contribution in [3.05, 3.63) is 162 Å². The number of hydrogen-bond acceptors (Lipinski definition) is 2. The lowest BCUT2D eigenvalue weighted by Crippen LogP contribution is -2.16. The summed E-state index contributed by atoms with van der Waals surface area (Å²) in [6.45, 7) is 9.45. The van der Waals surface area contributed by atoms with Crippen LogP contribution in [-0.4, -0.2) is 0 Å². The standard InChI is InChI=1S/C46H35NS/c1-45(2)37-15-8-5-12-32(37)35-27-31(22-23-39(35)45)47(41-18-11-17-40-44(41)34-14-6-9-16-38(34)46(40,3)4)30-21-20-28-25-36-33-13-7-10-19-42(33)48-43(36)26-29(28)24-30/h5-27H,1-4H3. The number of thiophene rings is 1. The summed E-state index contributed by atoms with van der Waals surface area (Å²) in [6.07, 6.45) is 0. The second-order valence-electron chi connectivity index (χ2n) is 14.6. The van der Waals surface area contributed by atoms with Crippen LogP contribution in [0.5, 0.6) is 0 Å². The maximum atomic E-state index is 2.51. The zero-order chi connectivity index (χ0) is 32.4. The summed E-state index contributed by atoms with van der Waals surface area (Å²) in [4.78, 5) is 2.51. The van der Waals surface area contributed by atoms with Gasteiger partial charge in [-0.2, -0.15) is 0 Å². The molecule has 2 aliphatic rings. The lowest BCUT2D eigenvalue weighted by Gasteiger charge is -2.30. The van der Waals surface area contributed by atoms with Crippen LogP contribution in [0.4, 0.5) is 17.1 Å². The van der Waals surface area contributed by atoms with E-state index in [2.05, 4.69) is 172 Å². The second-order valence-corrected chi connectivity index (χ2v) is 15.7. The Hall–Kier alpha value is -5.18. The fourth-order valence-corrected chi connectivity index (χ4v) is 9.93. The van der Waals surface area contributed by atoms with Gasteiger partial charge in [0.25, 0.3) is 0 Å². The Bertz CT molecular complexity index is 2630. The van der Waals surface area contributed by atoms with Crippen molar-refractivity contribution in [2.24, 2.45) is 0 Å². The maximum absolute atomic E-state index is 2.51. The van der Waals surface area contributed by atoms with Crippen molar-refractivity contribution >= 4 is 59.3 Å². The first-order valence-electron chi connectivity index (χ1n) is 16.9. The first kappa shape index (κ1) is 27.9. The highest BCUT2D eigenvalue weighted by molar-refractivity contribution is 7.25. The van der Waals surface area contributed by atoms with Crippen LogP contribution in [0.1, 0.15) is 49.9 Å². The summed E-state index contributed by atoms with van der Waals surface area (Å²) in [6, 6.07) is 52.6. The van der Waals surface area contributed by atoms with Gasteiger partial charge in [0.05, 0.1) is 5.69 Å². The number of nitrogens with zero attached hydrogens (tertiary/aromatic N) is 1. The molecule has 8 aromatic rings. The Labute approximate surface area is 285 Å². The van der Waals surface area contributed by atoms with Crippen LogP contribution < -0.4 is 4.90 Å². The molecular weight excluding hydrogens is 599 g/mol. The van der Waals surface area contributed by atoms with E-state index in [4.69, 9.17) is 0 Å². The number of benzene rings is 7. The maximum Gasteiger partial charge on any atom is 0.0543 e. The summed E-state index contributed by atoms with van der Waals surface area (Å²) in [5.74, 6) is 0. The first-order valence-corrected chi connectivity index (χ1v) is 17.8. The minimum Gasteiger partial charge on any atom is -0.310 e. The largest absolute Gasteiger partial charge is 0.310 e. The van der Waals surface area contributed by atoms with Crippen LogP contribution in [0.15, 0.2) is 140 Å². The molecule has 2 heteroatoms. The van der Waals surface area contributed by atoms with Gasteiger partial charge in [-0.05, 0) is 98.2 Å². The van der Waals surface area contributed by atoms with E-state index in [9.17, 15) is 0 Å². The zero-order valence-corrected chi connectivity index (χ0v) is 28.5. The van der Waals surface area contributed by atoms with Crippen molar-refractivity contribution < 1.29 is 0 Å². The second kappa shape index (κ2) is 9.69. The highest BCUT2D eigenvalue weighted by atomic mass is 32.1. The minimum absolute atomic E-state index is 0.0369. The molecule has 2 aliphatic carbocycles. The lowest BCUT2D eigenvalue weighted by atomic mass is 9.82. The molecule has 0 spiro atoms. The lowest BCUT2D eigenvalue weighted by molar-refractivity contribution is 0.660. The Morgan fingerprint density at radius 2 is 1.08 bits per heavy atom. The molecular formula is C46H35NS. The van der Waals surface area contributed by atoms with Crippen LogP contribution in [0.3, 0.4) is 0 Å².